The smallest absolute Gasteiger partial charge is 0.411 e. The molecule has 8 heteroatoms. The summed E-state index contributed by atoms with van der Waals surface area (Å²) in [5.74, 6) is -2.64. The number of benzene rings is 3. The Morgan fingerprint density at radius 1 is 0.971 bits per heavy atom. The van der Waals surface area contributed by atoms with Gasteiger partial charge in [-0.25, -0.2) is 9.18 Å². The predicted molar refractivity (Wildman–Crippen MR) is 124 cm³/mol. The minimum absolute atomic E-state index is 0.0378. The van der Waals surface area contributed by atoms with Crippen molar-refractivity contribution in [2.45, 2.75) is 12.3 Å². The van der Waals surface area contributed by atoms with Gasteiger partial charge >= 0.3 is 12.1 Å². The molecular formula is C26H23FN2O5. The van der Waals surface area contributed by atoms with E-state index in [-0.39, 0.29) is 36.7 Å². The third kappa shape index (κ3) is 4.61. The Bertz CT molecular complexity index is 1210. The van der Waals surface area contributed by atoms with Crippen LogP contribution in [-0.2, 0) is 9.53 Å². The van der Waals surface area contributed by atoms with Crippen molar-refractivity contribution >= 4 is 23.7 Å². The maximum atomic E-state index is 14.5. The fourth-order valence-corrected chi connectivity index (χ4v) is 4.14. The molecule has 0 atom stereocenters. The van der Waals surface area contributed by atoms with Crippen molar-refractivity contribution in [1.29, 1.82) is 0 Å². The molecule has 1 aliphatic carbocycles. The second-order valence-electron chi connectivity index (χ2n) is 7.98. The highest BCUT2D eigenvalue weighted by Gasteiger charge is 2.29. The molecule has 3 aromatic rings. The number of anilines is 1. The fraction of sp³-hybridized carbons (Fsp3) is 0.192. The van der Waals surface area contributed by atoms with Crippen LogP contribution in [0, 0.1) is 5.82 Å². The first-order valence-corrected chi connectivity index (χ1v) is 10.7. The molecule has 7 nitrogen and oxygen atoms in total. The highest BCUT2D eigenvalue weighted by atomic mass is 19.1. The third-order valence-corrected chi connectivity index (χ3v) is 5.82. The summed E-state index contributed by atoms with van der Waals surface area (Å²) < 4.78 is 20.0. The Morgan fingerprint density at radius 3 is 2.21 bits per heavy atom. The maximum absolute atomic E-state index is 14.5. The number of hydrogen-bond donors (Lipinski definition) is 2. The van der Waals surface area contributed by atoms with Crippen LogP contribution in [0.25, 0.3) is 11.1 Å². The average molecular weight is 462 g/mol. The average Bonchev–Trinajstić information content (AvgIpc) is 3.15. The van der Waals surface area contributed by atoms with Crippen LogP contribution in [0.2, 0.25) is 0 Å². The molecule has 2 amide bonds. The van der Waals surface area contributed by atoms with Gasteiger partial charge < -0.3 is 14.7 Å². The normalized spacial score (nSPS) is 11.9. The number of amides is 2. The van der Waals surface area contributed by atoms with Gasteiger partial charge in [-0.3, -0.25) is 14.9 Å². The molecule has 0 spiro atoms. The third-order valence-electron chi connectivity index (χ3n) is 5.82. The van der Waals surface area contributed by atoms with E-state index < -0.39 is 23.8 Å². The van der Waals surface area contributed by atoms with E-state index in [0.29, 0.717) is 0 Å². The monoisotopic (exact) mass is 462 g/mol. The Balaban J connectivity index is 1.48. The van der Waals surface area contributed by atoms with E-state index in [9.17, 15) is 18.8 Å². The van der Waals surface area contributed by atoms with Crippen LogP contribution in [0.5, 0.6) is 0 Å². The quantitative estimate of drug-likeness (QED) is 0.529. The zero-order valence-corrected chi connectivity index (χ0v) is 18.5. The standard InChI is InChI=1S/C26H23FN2O5/c1-29(14-13-23(30)31)25(32)20-11-6-12-22(27)24(20)28-26(33)34-15-21-18-9-4-2-7-16(18)17-8-3-5-10-19(17)21/h2-12,21H,13-15H2,1H3,(H,28,33)(H,30,31). The zero-order valence-electron chi connectivity index (χ0n) is 18.5. The van der Waals surface area contributed by atoms with Gasteiger partial charge in [0.05, 0.1) is 17.7 Å². The van der Waals surface area contributed by atoms with Gasteiger partial charge in [0.25, 0.3) is 5.91 Å². The molecule has 0 unspecified atom stereocenters. The molecule has 3 aromatic carbocycles. The largest absolute Gasteiger partial charge is 0.481 e. The Morgan fingerprint density at radius 2 is 1.59 bits per heavy atom. The highest BCUT2D eigenvalue weighted by Crippen LogP contribution is 2.44. The van der Waals surface area contributed by atoms with Crippen molar-refractivity contribution in [1.82, 2.24) is 4.90 Å². The minimum Gasteiger partial charge on any atom is -0.481 e. The summed E-state index contributed by atoms with van der Waals surface area (Å²) in [6, 6.07) is 19.6. The lowest BCUT2D eigenvalue weighted by Crippen LogP contribution is -2.30. The van der Waals surface area contributed by atoms with E-state index >= 15 is 0 Å². The number of fused-ring (bicyclic) bond motifs is 3. The Hall–Kier alpha value is -4.20. The molecule has 4 rings (SSSR count). The molecule has 0 heterocycles. The summed E-state index contributed by atoms with van der Waals surface area (Å²) in [5.41, 5.74) is 3.84. The fourth-order valence-electron chi connectivity index (χ4n) is 4.14. The molecule has 0 saturated heterocycles. The molecule has 0 fully saturated rings. The van der Waals surface area contributed by atoms with Crippen molar-refractivity contribution in [2.24, 2.45) is 0 Å². The summed E-state index contributed by atoms with van der Waals surface area (Å²) in [6.07, 6.45) is -1.15. The number of hydrogen-bond acceptors (Lipinski definition) is 4. The first kappa shape index (κ1) is 23.0. The van der Waals surface area contributed by atoms with E-state index in [1.54, 1.807) is 0 Å². The van der Waals surface area contributed by atoms with Crippen LogP contribution in [0.4, 0.5) is 14.9 Å². The summed E-state index contributed by atoms with van der Waals surface area (Å²) >= 11 is 0. The number of carboxylic acids is 1. The van der Waals surface area contributed by atoms with Crippen molar-refractivity contribution in [2.75, 3.05) is 25.5 Å². The molecule has 1 aliphatic rings. The predicted octanol–water partition coefficient (Wildman–Crippen LogP) is 4.73. The number of halogens is 1. The SMILES string of the molecule is CN(CCC(=O)O)C(=O)c1cccc(F)c1NC(=O)OCC1c2ccccc2-c2ccccc21. The number of nitrogens with zero attached hydrogens (tertiary/aromatic N) is 1. The number of rotatable bonds is 7. The molecule has 0 saturated carbocycles. The number of carbonyl (C=O) groups excluding carboxylic acids is 2. The summed E-state index contributed by atoms with van der Waals surface area (Å²) in [5, 5.41) is 11.2. The highest BCUT2D eigenvalue weighted by molar-refractivity contribution is 6.02. The van der Waals surface area contributed by atoms with Crippen LogP contribution < -0.4 is 5.32 Å². The molecular weight excluding hydrogens is 439 g/mol. The first-order chi connectivity index (χ1) is 16.4. The number of para-hydroxylation sites is 1. The molecule has 174 valence electrons. The topological polar surface area (TPSA) is 95.9 Å². The number of carbonyl (C=O) groups is 3. The summed E-state index contributed by atoms with van der Waals surface area (Å²) in [6.45, 7) is -0.0226. The number of aliphatic carboxylic acids is 1. The van der Waals surface area contributed by atoms with Gasteiger partial charge in [0.1, 0.15) is 12.4 Å². The molecule has 2 N–H and O–H groups in total. The lowest BCUT2D eigenvalue weighted by Gasteiger charge is -2.19. The second-order valence-corrected chi connectivity index (χ2v) is 7.98. The van der Waals surface area contributed by atoms with Gasteiger partial charge in [-0.15, -0.1) is 0 Å². The second kappa shape index (κ2) is 9.74. The van der Waals surface area contributed by atoms with Crippen molar-refractivity contribution < 1.29 is 28.6 Å². The lowest BCUT2D eigenvalue weighted by molar-refractivity contribution is -0.137. The van der Waals surface area contributed by atoms with Gasteiger partial charge in [-0.1, -0.05) is 54.6 Å². The minimum atomic E-state index is -1.06. The van der Waals surface area contributed by atoms with Crippen LogP contribution in [0.15, 0.2) is 66.7 Å². The number of carboxylic acid groups (broad SMARTS) is 1. The van der Waals surface area contributed by atoms with Gasteiger partial charge in [0.2, 0.25) is 0 Å². The van der Waals surface area contributed by atoms with Gasteiger partial charge in [-0.05, 0) is 34.4 Å². The first-order valence-electron chi connectivity index (χ1n) is 10.7. The number of nitrogens with one attached hydrogen (secondary N) is 1. The zero-order chi connectivity index (χ0) is 24.2. The Labute approximate surface area is 195 Å². The van der Waals surface area contributed by atoms with Crippen LogP contribution >= 0.6 is 0 Å². The van der Waals surface area contributed by atoms with Crippen molar-refractivity contribution in [3.63, 3.8) is 0 Å². The van der Waals surface area contributed by atoms with Crippen molar-refractivity contribution in [3.05, 3.63) is 89.2 Å². The van der Waals surface area contributed by atoms with Gasteiger partial charge in [0.15, 0.2) is 0 Å². The summed E-state index contributed by atoms with van der Waals surface area (Å²) in [7, 11) is 1.41. The molecule has 0 aliphatic heterocycles. The van der Waals surface area contributed by atoms with E-state index in [4.69, 9.17) is 9.84 Å². The van der Waals surface area contributed by atoms with E-state index in [1.165, 1.54) is 19.2 Å². The number of ether oxygens (including phenoxy) is 1. The maximum Gasteiger partial charge on any atom is 0.411 e. The molecule has 0 radical (unpaired) electrons. The lowest BCUT2D eigenvalue weighted by atomic mass is 9.98. The van der Waals surface area contributed by atoms with Crippen molar-refractivity contribution in [3.8, 4) is 11.1 Å². The molecule has 0 aromatic heterocycles. The van der Waals surface area contributed by atoms with Crippen LogP contribution in [0.3, 0.4) is 0 Å². The Kier molecular flexibility index (Phi) is 6.58. The van der Waals surface area contributed by atoms with Gasteiger partial charge in [-0.2, -0.15) is 0 Å². The molecule has 34 heavy (non-hydrogen) atoms. The van der Waals surface area contributed by atoms with Gasteiger partial charge in [0, 0.05) is 19.5 Å². The summed E-state index contributed by atoms with van der Waals surface area (Å²) in [4.78, 5) is 37.3. The molecule has 0 bridgehead atoms. The van der Waals surface area contributed by atoms with E-state index in [2.05, 4.69) is 5.32 Å². The van der Waals surface area contributed by atoms with Crippen LogP contribution in [0.1, 0.15) is 33.8 Å². The van der Waals surface area contributed by atoms with E-state index in [1.807, 2.05) is 48.5 Å². The van der Waals surface area contributed by atoms with Crippen LogP contribution in [-0.4, -0.2) is 48.2 Å². The van der Waals surface area contributed by atoms with E-state index in [0.717, 1.165) is 33.2 Å².